The van der Waals surface area contributed by atoms with Gasteiger partial charge < -0.3 is 9.80 Å². The Kier molecular flexibility index (Phi) is 3.64. The zero-order valence-electron chi connectivity index (χ0n) is 12.3. The zero-order valence-corrected chi connectivity index (χ0v) is 12.3. The van der Waals surface area contributed by atoms with Crippen LogP contribution in [-0.2, 0) is 0 Å². The molecule has 3 rings (SSSR count). The Hall–Kier alpha value is -1.96. The van der Waals surface area contributed by atoms with Crippen molar-refractivity contribution in [3.8, 4) is 0 Å². The Labute approximate surface area is 121 Å². The quantitative estimate of drug-likeness (QED) is 0.819. The number of hydrogen-bond acceptors (Lipinski definition) is 2. The third kappa shape index (κ3) is 2.79. The highest BCUT2D eigenvalue weighted by atomic mass is 15.3. The van der Waals surface area contributed by atoms with Crippen LogP contribution in [0.1, 0.15) is 11.1 Å². The Morgan fingerprint density at radius 2 is 1.05 bits per heavy atom. The maximum atomic E-state index is 2.49. The third-order valence-corrected chi connectivity index (χ3v) is 4.01. The van der Waals surface area contributed by atoms with E-state index in [-0.39, 0.29) is 0 Å². The number of rotatable bonds is 2. The first kappa shape index (κ1) is 13.0. The van der Waals surface area contributed by atoms with Crippen molar-refractivity contribution in [1.29, 1.82) is 0 Å². The van der Waals surface area contributed by atoms with Gasteiger partial charge in [-0.3, -0.25) is 0 Å². The average Bonchev–Trinajstić information content (AvgIpc) is 2.47. The molecule has 2 nitrogen and oxygen atoms in total. The summed E-state index contributed by atoms with van der Waals surface area (Å²) < 4.78 is 0. The Morgan fingerprint density at radius 3 is 1.40 bits per heavy atom. The van der Waals surface area contributed by atoms with Gasteiger partial charge in [0.1, 0.15) is 0 Å². The summed E-state index contributed by atoms with van der Waals surface area (Å²) >= 11 is 0. The molecule has 0 atom stereocenters. The van der Waals surface area contributed by atoms with Crippen LogP contribution in [0.4, 0.5) is 11.4 Å². The number of anilines is 2. The number of aryl methyl sites for hydroxylation is 2. The van der Waals surface area contributed by atoms with Gasteiger partial charge in [0, 0.05) is 37.6 Å². The van der Waals surface area contributed by atoms with Gasteiger partial charge in [0.25, 0.3) is 0 Å². The van der Waals surface area contributed by atoms with Crippen molar-refractivity contribution in [1.82, 2.24) is 0 Å². The molecule has 0 spiro atoms. The third-order valence-electron chi connectivity index (χ3n) is 4.01. The van der Waals surface area contributed by atoms with Crippen LogP contribution in [0.5, 0.6) is 0 Å². The molecule has 0 aliphatic carbocycles. The standard InChI is InChI=1S/C18H22N2/c1-15-5-3-7-17(13-15)19-9-11-20(12-10-19)18-8-4-6-16(2)14-18/h3-8,13-14H,9-12H2,1-2H3. The highest BCUT2D eigenvalue weighted by molar-refractivity contribution is 5.53. The van der Waals surface area contributed by atoms with Crippen molar-refractivity contribution in [2.45, 2.75) is 13.8 Å². The smallest absolute Gasteiger partial charge is 0.0370 e. The molecule has 1 aliphatic rings. The van der Waals surface area contributed by atoms with E-state index in [0.29, 0.717) is 0 Å². The van der Waals surface area contributed by atoms with E-state index in [4.69, 9.17) is 0 Å². The molecule has 0 bridgehead atoms. The van der Waals surface area contributed by atoms with Gasteiger partial charge in [-0.1, -0.05) is 24.3 Å². The molecular formula is C18H22N2. The Bertz CT molecular complexity index is 530. The summed E-state index contributed by atoms with van der Waals surface area (Å²) in [7, 11) is 0. The predicted octanol–water partition coefficient (Wildman–Crippen LogP) is 3.63. The fourth-order valence-corrected chi connectivity index (χ4v) is 2.87. The summed E-state index contributed by atoms with van der Waals surface area (Å²) in [5, 5.41) is 0. The summed E-state index contributed by atoms with van der Waals surface area (Å²) in [4.78, 5) is 4.97. The van der Waals surface area contributed by atoms with Gasteiger partial charge in [0.15, 0.2) is 0 Å². The summed E-state index contributed by atoms with van der Waals surface area (Å²) in [6.07, 6.45) is 0. The maximum absolute atomic E-state index is 2.49. The molecule has 104 valence electrons. The van der Waals surface area contributed by atoms with Crippen molar-refractivity contribution in [2.24, 2.45) is 0 Å². The zero-order chi connectivity index (χ0) is 13.9. The molecule has 0 radical (unpaired) electrons. The topological polar surface area (TPSA) is 6.48 Å². The van der Waals surface area contributed by atoms with Gasteiger partial charge in [0.05, 0.1) is 0 Å². The molecule has 1 aliphatic heterocycles. The number of benzene rings is 2. The molecule has 2 aromatic rings. The lowest BCUT2D eigenvalue weighted by atomic mass is 10.1. The van der Waals surface area contributed by atoms with Gasteiger partial charge in [0.2, 0.25) is 0 Å². The van der Waals surface area contributed by atoms with Crippen LogP contribution in [0, 0.1) is 13.8 Å². The summed E-state index contributed by atoms with van der Waals surface area (Å²) in [5.41, 5.74) is 5.38. The van der Waals surface area contributed by atoms with Crippen molar-refractivity contribution >= 4 is 11.4 Å². The van der Waals surface area contributed by atoms with Crippen molar-refractivity contribution in [3.05, 3.63) is 59.7 Å². The van der Waals surface area contributed by atoms with Crippen LogP contribution in [0.25, 0.3) is 0 Å². The van der Waals surface area contributed by atoms with Gasteiger partial charge in [-0.15, -0.1) is 0 Å². The molecule has 0 amide bonds. The summed E-state index contributed by atoms with van der Waals surface area (Å²) in [6.45, 7) is 8.70. The van der Waals surface area contributed by atoms with Crippen molar-refractivity contribution < 1.29 is 0 Å². The van der Waals surface area contributed by atoms with E-state index in [1.54, 1.807) is 0 Å². The molecular weight excluding hydrogens is 244 g/mol. The van der Waals surface area contributed by atoms with E-state index in [2.05, 4.69) is 72.2 Å². The lowest BCUT2D eigenvalue weighted by molar-refractivity contribution is 0.653. The van der Waals surface area contributed by atoms with E-state index >= 15 is 0 Å². The molecule has 0 N–H and O–H groups in total. The number of hydrogen-bond donors (Lipinski definition) is 0. The van der Waals surface area contributed by atoms with E-state index < -0.39 is 0 Å². The average molecular weight is 266 g/mol. The van der Waals surface area contributed by atoms with Crippen LogP contribution in [-0.4, -0.2) is 26.2 Å². The number of nitrogens with zero attached hydrogens (tertiary/aromatic N) is 2. The lowest BCUT2D eigenvalue weighted by Crippen LogP contribution is -2.46. The van der Waals surface area contributed by atoms with E-state index in [1.807, 2.05) is 0 Å². The first-order valence-electron chi connectivity index (χ1n) is 7.35. The fourth-order valence-electron chi connectivity index (χ4n) is 2.87. The first-order chi connectivity index (χ1) is 9.72. The van der Waals surface area contributed by atoms with Crippen molar-refractivity contribution in [2.75, 3.05) is 36.0 Å². The van der Waals surface area contributed by atoms with E-state index in [1.165, 1.54) is 22.5 Å². The van der Waals surface area contributed by atoms with Crippen LogP contribution in [0.3, 0.4) is 0 Å². The molecule has 0 saturated carbocycles. The van der Waals surface area contributed by atoms with Gasteiger partial charge in [-0.2, -0.15) is 0 Å². The minimum atomic E-state index is 1.09. The molecule has 0 aromatic heterocycles. The largest absolute Gasteiger partial charge is 0.368 e. The van der Waals surface area contributed by atoms with Crippen LogP contribution >= 0.6 is 0 Å². The minimum absolute atomic E-state index is 1.09. The SMILES string of the molecule is Cc1cccc(N2CCN(c3cccc(C)c3)CC2)c1. The van der Waals surface area contributed by atoms with Gasteiger partial charge in [-0.05, 0) is 49.2 Å². The normalized spacial score (nSPS) is 15.5. The maximum Gasteiger partial charge on any atom is 0.0370 e. The van der Waals surface area contributed by atoms with Gasteiger partial charge >= 0.3 is 0 Å². The molecule has 20 heavy (non-hydrogen) atoms. The molecule has 1 fully saturated rings. The summed E-state index contributed by atoms with van der Waals surface area (Å²) in [6, 6.07) is 17.6. The van der Waals surface area contributed by atoms with E-state index in [9.17, 15) is 0 Å². The van der Waals surface area contributed by atoms with Crippen LogP contribution in [0.2, 0.25) is 0 Å². The lowest BCUT2D eigenvalue weighted by Gasteiger charge is -2.37. The molecule has 2 aromatic carbocycles. The second kappa shape index (κ2) is 5.58. The Morgan fingerprint density at radius 1 is 0.650 bits per heavy atom. The monoisotopic (exact) mass is 266 g/mol. The minimum Gasteiger partial charge on any atom is -0.368 e. The van der Waals surface area contributed by atoms with Gasteiger partial charge in [-0.25, -0.2) is 0 Å². The highest BCUT2D eigenvalue weighted by Crippen LogP contribution is 2.21. The number of piperazine rings is 1. The molecule has 1 saturated heterocycles. The predicted molar refractivity (Wildman–Crippen MR) is 86.8 cm³/mol. The summed E-state index contributed by atoms with van der Waals surface area (Å²) in [5.74, 6) is 0. The fraction of sp³-hybridized carbons (Fsp3) is 0.333. The first-order valence-corrected chi connectivity index (χ1v) is 7.35. The second-order valence-electron chi connectivity index (χ2n) is 5.65. The van der Waals surface area contributed by atoms with E-state index in [0.717, 1.165) is 26.2 Å². The molecule has 1 heterocycles. The van der Waals surface area contributed by atoms with Crippen LogP contribution < -0.4 is 9.80 Å². The molecule has 0 unspecified atom stereocenters. The van der Waals surface area contributed by atoms with Crippen molar-refractivity contribution in [3.63, 3.8) is 0 Å². The molecule has 2 heteroatoms. The Balaban J connectivity index is 1.68. The second-order valence-corrected chi connectivity index (χ2v) is 5.65. The highest BCUT2D eigenvalue weighted by Gasteiger charge is 2.17. The van der Waals surface area contributed by atoms with Crippen LogP contribution in [0.15, 0.2) is 48.5 Å².